The van der Waals surface area contributed by atoms with Crippen LogP contribution in [0.5, 0.6) is 0 Å². The lowest BCUT2D eigenvalue weighted by Crippen LogP contribution is -2.24. The van der Waals surface area contributed by atoms with E-state index in [4.69, 9.17) is 25.4 Å². The number of anilines is 2. The Morgan fingerprint density at radius 1 is 1.11 bits per heavy atom. The van der Waals surface area contributed by atoms with Crippen LogP contribution in [0.15, 0.2) is 34.6 Å². The molecule has 0 bridgehead atoms. The van der Waals surface area contributed by atoms with Crippen LogP contribution in [0.4, 0.5) is 11.8 Å². The second-order valence-electron chi connectivity index (χ2n) is 8.56. The van der Waals surface area contributed by atoms with E-state index in [-0.39, 0.29) is 37.3 Å². The number of nitrogens with zero attached hydrogens (tertiary/aromatic N) is 6. The Hall–Kier alpha value is -3.67. The predicted octanol–water partition coefficient (Wildman–Crippen LogP) is -1.84. The number of aromatic nitrogens is 6. The topological polar surface area (TPSA) is 231 Å². The van der Waals surface area contributed by atoms with Gasteiger partial charge in [0.25, 0.3) is 5.56 Å². The van der Waals surface area contributed by atoms with Crippen molar-refractivity contribution in [3.63, 3.8) is 0 Å². The average molecular weight is 518 g/mol. The van der Waals surface area contributed by atoms with Gasteiger partial charge in [0.05, 0.1) is 44.9 Å². The molecule has 0 radical (unpaired) electrons. The summed E-state index contributed by atoms with van der Waals surface area (Å²) in [5, 5.41) is 40.7. The Labute approximate surface area is 208 Å². The summed E-state index contributed by atoms with van der Waals surface area (Å²) in [5.74, 6) is 0.625. The molecule has 3 aromatic heterocycles. The molecule has 16 nitrogen and oxygen atoms in total. The molecule has 198 valence electrons. The maximum atomic E-state index is 11.6. The van der Waals surface area contributed by atoms with Crippen LogP contribution in [-0.4, -0.2) is 93.9 Å². The number of ether oxygens (including phenoxy) is 2. The second-order valence-corrected chi connectivity index (χ2v) is 8.56. The van der Waals surface area contributed by atoms with Crippen LogP contribution in [0, 0.1) is 0 Å². The molecule has 3 aliphatic rings. The first kappa shape index (κ1) is 25.0. The zero-order valence-corrected chi connectivity index (χ0v) is 19.5. The molecule has 0 saturated carbocycles. The highest BCUT2D eigenvalue weighted by atomic mass is 16.5. The highest BCUT2D eigenvalue weighted by molar-refractivity contribution is 5.76. The zero-order chi connectivity index (χ0) is 26.1. The summed E-state index contributed by atoms with van der Waals surface area (Å²) in [5.41, 5.74) is 6.16. The number of rotatable bonds is 4. The van der Waals surface area contributed by atoms with E-state index in [9.17, 15) is 15.0 Å². The van der Waals surface area contributed by atoms with Crippen molar-refractivity contribution < 1.29 is 29.9 Å². The molecule has 0 amide bonds. The molecule has 1 saturated heterocycles. The van der Waals surface area contributed by atoms with E-state index in [2.05, 4.69) is 30.2 Å². The highest BCUT2D eigenvalue weighted by Crippen LogP contribution is 2.34. The van der Waals surface area contributed by atoms with E-state index in [1.165, 1.54) is 12.7 Å². The number of aliphatic hydroxyl groups excluding tert-OH is 4. The van der Waals surface area contributed by atoms with Crippen molar-refractivity contribution in [2.75, 3.05) is 30.8 Å². The lowest BCUT2D eigenvalue weighted by Gasteiger charge is -2.16. The van der Waals surface area contributed by atoms with Crippen LogP contribution in [0.1, 0.15) is 30.7 Å². The van der Waals surface area contributed by atoms with Gasteiger partial charge in [0.2, 0.25) is 5.95 Å². The maximum Gasteiger partial charge on any atom is 0.280 e. The van der Waals surface area contributed by atoms with Gasteiger partial charge in [-0.3, -0.25) is 23.9 Å². The van der Waals surface area contributed by atoms with E-state index in [0.29, 0.717) is 23.6 Å². The van der Waals surface area contributed by atoms with Gasteiger partial charge in [0, 0.05) is 6.42 Å². The second kappa shape index (κ2) is 10.4. The summed E-state index contributed by atoms with van der Waals surface area (Å²) < 4.78 is 14.4. The van der Waals surface area contributed by atoms with E-state index in [0.717, 1.165) is 0 Å². The van der Waals surface area contributed by atoms with Crippen LogP contribution in [-0.2, 0) is 9.47 Å². The molecular weight excluding hydrogens is 490 g/mol. The largest absolute Gasteiger partial charge is 0.394 e. The standard InChI is InChI=1S/C11H16N4O4.C10H11N5O3/c16-3-8-6(17)1-9(19-8)15-5-14-10-7(18)2-12-4-13-11(10)15;11-10-13-8-7(9(17)14-10)12-4-15(8)6-2-1-5(3-16)18-6/h4-9,16-18H,1-3H2,(H,12,13);1-2,4-6,16H,3H2,(H3,11,13,14,17)/t6-,7+,8+,9+;5-,6+/m00/s1. The van der Waals surface area contributed by atoms with Crippen LogP contribution in [0.3, 0.4) is 0 Å². The highest BCUT2D eigenvalue weighted by Gasteiger charge is 2.36. The molecule has 0 aromatic carbocycles. The molecule has 8 N–H and O–H groups in total. The molecule has 6 heterocycles. The molecule has 1 fully saturated rings. The van der Waals surface area contributed by atoms with Crippen molar-refractivity contribution in [2.45, 2.75) is 43.3 Å². The van der Waals surface area contributed by atoms with E-state index >= 15 is 0 Å². The van der Waals surface area contributed by atoms with Crippen molar-refractivity contribution in [3.8, 4) is 0 Å². The van der Waals surface area contributed by atoms with Crippen molar-refractivity contribution in [3.05, 3.63) is 40.9 Å². The Morgan fingerprint density at radius 2 is 1.92 bits per heavy atom. The molecule has 0 spiro atoms. The minimum Gasteiger partial charge on any atom is -0.394 e. The smallest absolute Gasteiger partial charge is 0.280 e. The number of fused-ring (bicyclic) bond motifs is 2. The third kappa shape index (κ3) is 4.85. The van der Waals surface area contributed by atoms with E-state index in [1.54, 1.807) is 27.6 Å². The number of hydrogen-bond donors (Lipinski definition) is 7. The number of nitrogens with one attached hydrogen (secondary N) is 2. The van der Waals surface area contributed by atoms with Crippen molar-refractivity contribution in [2.24, 2.45) is 4.99 Å². The number of aliphatic imine (C=N–C) groups is 1. The van der Waals surface area contributed by atoms with Gasteiger partial charge in [0.15, 0.2) is 17.4 Å². The summed E-state index contributed by atoms with van der Waals surface area (Å²) in [4.78, 5) is 30.1. The lowest BCUT2D eigenvalue weighted by molar-refractivity contribution is -0.0437. The van der Waals surface area contributed by atoms with Gasteiger partial charge in [-0.05, 0) is 6.08 Å². The first-order chi connectivity index (χ1) is 17.9. The summed E-state index contributed by atoms with van der Waals surface area (Å²) in [6.07, 6.45) is 5.10. The van der Waals surface area contributed by atoms with Crippen LogP contribution < -0.4 is 16.6 Å². The number of imidazole rings is 2. The number of H-pyrrole nitrogens is 1. The SMILES string of the molecule is Nc1nc2c(ncn2[C@H]2C=C[C@@H](CO)O2)c(=O)[nH]1.OC[C@H]1O[C@@H](n2cnc3c2NC=NC[C@H]3O)C[C@@H]1O. The van der Waals surface area contributed by atoms with Gasteiger partial charge >= 0.3 is 0 Å². The van der Waals surface area contributed by atoms with Gasteiger partial charge in [-0.25, -0.2) is 9.97 Å². The molecule has 16 heteroatoms. The molecular formula is C21H27N9O7. The predicted molar refractivity (Wildman–Crippen MR) is 128 cm³/mol. The number of nitrogen functional groups attached to an aromatic ring is 1. The lowest BCUT2D eigenvalue weighted by atomic mass is 10.2. The first-order valence-electron chi connectivity index (χ1n) is 11.5. The summed E-state index contributed by atoms with van der Waals surface area (Å²) in [6, 6.07) is 0. The quantitative estimate of drug-likeness (QED) is 0.189. The summed E-state index contributed by atoms with van der Waals surface area (Å²) in [7, 11) is 0. The number of nitrogens with two attached hydrogens (primary N) is 1. The van der Waals surface area contributed by atoms with Gasteiger partial charge in [-0.1, -0.05) is 6.08 Å². The number of aliphatic hydroxyl groups is 4. The minimum atomic E-state index is -0.762. The molecule has 3 aromatic rings. The average Bonchev–Trinajstić information content (AvgIpc) is 3.65. The third-order valence-electron chi connectivity index (χ3n) is 6.11. The fourth-order valence-electron chi connectivity index (χ4n) is 4.26. The van der Waals surface area contributed by atoms with Crippen LogP contribution >= 0.6 is 0 Å². The Bertz CT molecular complexity index is 1370. The van der Waals surface area contributed by atoms with Gasteiger partial charge in [0.1, 0.15) is 36.1 Å². The number of hydrogen-bond acceptors (Lipinski definition) is 13. The van der Waals surface area contributed by atoms with Crippen molar-refractivity contribution in [1.29, 1.82) is 0 Å². The normalized spacial score (nSPS) is 28.5. The minimum absolute atomic E-state index is 0.0231. The van der Waals surface area contributed by atoms with Crippen LogP contribution in [0.2, 0.25) is 0 Å². The molecule has 3 aliphatic heterocycles. The molecule has 6 atom stereocenters. The summed E-state index contributed by atoms with van der Waals surface area (Å²) in [6.45, 7) is -0.0771. The van der Waals surface area contributed by atoms with E-state index in [1.807, 2.05) is 0 Å². The number of aromatic amines is 1. The summed E-state index contributed by atoms with van der Waals surface area (Å²) >= 11 is 0. The molecule has 37 heavy (non-hydrogen) atoms. The molecule has 0 aliphatic carbocycles. The van der Waals surface area contributed by atoms with Crippen molar-refractivity contribution >= 4 is 29.3 Å². The fourth-order valence-corrected chi connectivity index (χ4v) is 4.26. The van der Waals surface area contributed by atoms with E-state index < -0.39 is 36.3 Å². The van der Waals surface area contributed by atoms with Crippen LogP contribution in [0.25, 0.3) is 11.2 Å². The Kier molecular flexibility index (Phi) is 7.00. The Balaban J connectivity index is 0.000000152. The third-order valence-corrected chi connectivity index (χ3v) is 6.11. The monoisotopic (exact) mass is 517 g/mol. The maximum absolute atomic E-state index is 11.6. The molecule has 6 rings (SSSR count). The van der Waals surface area contributed by atoms with Gasteiger partial charge in [-0.15, -0.1) is 0 Å². The van der Waals surface area contributed by atoms with Gasteiger partial charge in [-0.2, -0.15) is 4.98 Å². The van der Waals surface area contributed by atoms with Crippen molar-refractivity contribution in [1.82, 2.24) is 29.1 Å². The van der Waals surface area contributed by atoms with Gasteiger partial charge < -0.3 is 41.0 Å². The molecule has 0 unspecified atom stereocenters. The Morgan fingerprint density at radius 3 is 2.65 bits per heavy atom. The fraction of sp³-hybridized carbons (Fsp3) is 0.476. The first-order valence-corrected chi connectivity index (χ1v) is 11.5. The zero-order valence-electron chi connectivity index (χ0n) is 19.5.